The van der Waals surface area contributed by atoms with Crippen LogP contribution in [0.25, 0.3) is 0 Å². The van der Waals surface area contributed by atoms with Gasteiger partial charge in [-0.3, -0.25) is 9.78 Å². The molecule has 1 N–H and O–H groups in total. The normalized spacial score (nSPS) is 20.5. The first-order valence-corrected chi connectivity index (χ1v) is 8.35. The molecule has 0 spiro atoms. The molecule has 1 aliphatic heterocycles. The summed E-state index contributed by atoms with van der Waals surface area (Å²) < 4.78 is 10.7. The SMILES string of the molecule is CC(C)Cc1cc(C(=O)N[C@@H]2COC[C@H]2Cc2ccncc2)on1. The van der Waals surface area contributed by atoms with Crippen molar-refractivity contribution < 1.29 is 14.1 Å². The number of rotatable bonds is 6. The van der Waals surface area contributed by atoms with E-state index in [1.54, 1.807) is 18.5 Å². The zero-order valence-corrected chi connectivity index (χ0v) is 14.1. The number of hydrogen-bond donors (Lipinski definition) is 1. The molecule has 3 heterocycles. The Balaban J connectivity index is 1.59. The summed E-state index contributed by atoms with van der Waals surface area (Å²) in [5, 5.41) is 6.98. The fraction of sp³-hybridized carbons (Fsp3) is 0.500. The van der Waals surface area contributed by atoms with Gasteiger partial charge in [-0.15, -0.1) is 0 Å². The van der Waals surface area contributed by atoms with Crippen LogP contribution in [0.5, 0.6) is 0 Å². The van der Waals surface area contributed by atoms with Crippen LogP contribution in [0.2, 0.25) is 0 Å². The highest BCUT2D eigenvalue weighted by Gasteiger charge is 2.30. The second-order valence-corrected chi connectivity index (χ2v) is 6.72. The molecule has 1 aliphatic rings. The van der Waals surface area contributed by atoms with E-state index in [-0.39, 0.29) is 23.6 Å². The first kappa shape index (κ1) is 16.6. The van der Waals surface area contributed by atoms with Crippen LogP contribution in [-0.4, -0.2) is 35.3 Å². The highest BCUT2D eigenvalue weighted by Crippen LogP contribution is 2.19. The Hall–Kier alpha value is -2.21. The highest BCUT2D eigenvalue weighted by molar-refractivity contribution is 5.91. The minimum Gasteiger partial charge on any atom is -0.379 e. The first-order valence-electron chi connectivity index (χ1n) is 8.35. The highest BCUT2D eigenvalue weighted by atomic mass is 16.5. The van der Waals surface area contributed by atoms with E-state index in [1.807, 2.05) is 12.1 Å². The number of aromatic nitrogens is 2. The number of carbonyl (C=O) groups excluding carboxylic acids is 1. The number of carbonyl (C=O) groups is 1. The number of ether oxygens (including phenoxy) is 1. The molecule has 0 bridgehead atoms. The van der Waals surface area contributed by atoms with Gasteiger partial charge in [0.25, 0.3) is 5.91 Å². The molecule has 1 fully saturated rings. The summed E-state index contributed by atoms with van der Waals surface area (Å²) in [6.07, 6.45) is 5.21. The summed E-state index contributed by atoms with van der Waals surface area (Å²) in [6, 6.07) is 5.69. The fourth-order valence-electron chi connectivity index (χ4n) is 2.95. The number of amides is 1. The van der Waals surface area contributed by atoms with Crippen LogP contribution in [0.4, 0.5) is 0 Å². The number of hydrogen-bond acceptors (Lipinski definition) is 5. The van der Waals surface area contributed by atoms with Crippen molar-refractivity contribution in [2.45, 2.75) is 32.7 Å². The fourth-order valence-corrected chi connectivity index (χ4v) is 2.95. The lowest BCUT2D eigenvalue weighted by atomic mass is 9.95. The van der Waals surface area contributed by atoms with Crippen LogP contribution in [0.3, 0.4) is 0 Å². The largest absolute Gasteiger partial charge is 0.379 e. The predicted molar refractivity (Wildman–Crippen MR) is 88.5 cm³/mol. The maximum absolute atomic E-state index is 12.4. The summed E-state index contributed by atoms with van der Waals surface area (Å²) in [4.78, 5) is 16.4. The molecule has 2 aromatic heterocycles. The Labute approximate surface area is 141 Å². The van der Waals surface area contributed by atoms with Gasteiger partial charge < -0.3 is 14.6 Å². The van der Waals surface area contributed by atoms with Gasteiger partial charge in [0.15, 0.2) is 0 Å². The van der Waals surface area contributed by atoms with E-state index in [2.05, 4.69) is 29.3 Å². The van der Waals surface area contributed by atoms with E-state index in [4.69, 9.17) is 9.26 Å². The third kappa shape index (κ3) is 4.20. The molecular weight excluding hydrogens is 306 g/mol. The first-order chi connectivity index (χ1) is 11.6. The van der Waals surface area contributed by atoms with E-state index in [9.17, 15) is 4.79 Å². The predicted octanol–water partition coefficient (Wildman–Crippen LogP) is 2.26. The van der Waals surface area contributed by atoms with Gasteiger partial charge in [0, 0.05) is 24.4 Å². The number of pyridine rings is 1. The van der Waals surface area contributed by atoms with Gasteiger partial charge in [-0.1, -0.05) is 19.0 Å². The van der Waals surface area contributed by atoms with E-state index < -0.39 is 0 Å². The Morgan fingerprint density at radius 3 is 2.88 bits per heavy atom. The van der Waals surface area contributed by atoms with Crippen LogP contribution in [-0.2, 0) is 17.6 Å². The zero-order valence-electron chi connectivity index (χ0n) is 14.1. The summed E-state index contributed by atoms with van der Waals surface area (Å²) >= 11 is 0. The summed E-state index contributed by atoms with van der Waals surface area (Å²) in [5.41, 5.74) is 2.00. The molecule has 2 atom stereocenters. The molecular formula is C18H23N3O3. The van der Waals surface area contributed by atoms with Crippen molar-refractivity contribution in [3.05, 3.63) is 47.6 Å². The Morgan fingerprint density at radius 1 is 1.33 bits per heavy atom. The quantitative estimate of drug-likeness (QED) is 0.879. The van der Waals surface area contributed by atoms with E-state index in [1.165, 1.54) is 5.56 Å². The molecule has 0 aliphatic carbocycles. The van der Waals surface area contributed by atoms with E-state index >= 15 is 0 Å². The second-order valence-electron chi connectivity index (χ2n) is 6.72. The van der Waals surface area contributed by atoms with Crippen LogP contribution in [0, 0.1) is 11.8 Å². The molecule has 0 unspecified atom stereocenters. The second kappa shape index (κ2) is 7.57. The lowest BCUT2D eigenvalue weighted by Crippen LogP contribution is -2.40. The van der Waals surface area contributed by atoms with Crippen molar-refractivity contribution in [3.63, 3.8) is 0 Å². The van der Waals surface area contributed by atoms with Crippen LogP contribution in [0.15, 0.2) is 35.1 Å². The van der Waals surface area contributed by atoms with E-state index in [0.717, 1.165) is 18.5 Å². The van der Waals surface area contributed by atoms with Gasteiger partial charge in [0.2, 0.25) is 5.76 Å². The van der Waals surface area contributed by atoms with Crippen LogP contribution < -0.4 is 5.32 Å². The summed E-state index contributed by atoms with van der Waals surface area (Å²) in [6.45, 7) is 5.37. The van der Waals surface area contributed by atoms with Gasteiger partial charge in [-0.2, -0.15) is 0 Å². The molecule has 0 radical (unpaired) electrons. The van der Waals surface area contributed by atoms with Crippen molar-refractivity contribution in [1.82, 2.24) is 15.5 Å². The van der Waals surface area contributed by atoms with Gasteiger partial charge in [-0.25, -0.2) is 0 Å². The van der Waals surface area contributed by atoms with Crippen molar-refractivity contribution in [3.8, 4) is 0 Å². The maximum Gasteiger partial charge on any atom is 0.290 e. The summed E-state index contributed by atoms with van der Waals surface area (Å²) in [7, 11) is 0. The molecule has 24 heavy (non-hydrogen) atoms. The lowest BCUT2D eigenvalue weighted by Gasteiger charge is -2.18. The Bertz CT molecular complexity index is 669. The lowest BCUT2D eigenvalue weighted by molar-refractivity contribution is 0.0887. The van der Waals surface area contributed by atoms with Gasteiger partial charge in [-0.05, 0) is 36.5 Å². The third-order valence-electron chi connectivity index (χ3n) is 4.16. The molecule has 2 aromatic rings. The van der Waals surface area contributed by atoms with Crippen molar-refractivity contribution in [1.29, 1.82) is 0 Å². The monoisotopic (exact) mass is 329 g/mol. The molecule has 0 saturated carbocycles. The average molecular weight is 329 g/mol. The van der Waals surface area contributed by atoms with Crippen LogP contribution >= 0.6 is 0 Å². The Kier molecular flexibility index (Phi) is 5.25. The molecule has 1 amide bonds. The number of nitrogens with zero attached hydrogens (tertiary/aromatic N) is 2. The minimum absolute atomic E-state index is 0.0238. The smallest absolute Gasteiger partial charge is 0.290 e. The van der Waals surface area contributed by atoms with Crippen molar-refractivity contribution in [2.24, 2.45) is 11.8 Å². The molecule has 6 heteroatoms. The topological polar surface area (TPSA) is 77.2 Å². The molecule has 3 rings (SSSR count). The van der Waals surface area contributed by atoms with Crippen LogP contribution in [0.1, 0.15) is 35.7 Å². The van der Waals surface area contributed by atoms with Crippen molar-refractivity contribution >= 4 is 5.91 Å². The van der Waals surface area contributed by atoms with Gasteiger partial charge in [0.1, 0.15) is 0 Å². The molecule has 1 saturated heterocycles. The maximum atomic E-state index is 12.4. The minimum atomic E-state index is -0.229. The number of nitrogens with one attached hydrogen (secondary N) is 1. The van der Waals surface area contributed by atoms with E-state index in [0.29, 0.717) is 19.1 Å². The van der Waals surface area contributed by atoms with Crippen molar-refractivity contribution in [2.75, 3.05) is 13.2 Å². The Morgan fingerprint density at radius 2 is 2.12 bits per heavy atom. The summed E-state index contributed by atoms with van der Waals surface area (Å²) in [5.74, 6) is 0.751. The molecule has 0 aromatic carbocycles. The zero-order chi connectivity index (χ0) is 16.9. The van der Waals surface area contributed by atoms with Gasteiger partial charge >= 0.3 is 0 Å². The standard InChI is InChI=1S/C18H23N3O3/c1-12(2)7-15-9-17(24-21-15)18(22)20-16-11-23-10-14(16)8-13-3-5-19-6-4-13/h3-6,9,12,14,16H,7-8,10-11H2,1-2H3,(H,20,22)/t14-,16-/m1/s1. The molecule has 6 nitrogen and oxygen atoms in total. The molecule has 128 valence electrons. The third-order valence-corrected chi connectivity index (χ3v) is 4.16. The van der Waals surface area contributed by atoms with Gasteiger partial charge in [0.05, 0.1) is 24.9 Å². The average Bonchev–Trinajstić information content (AvgIpc) is 3.18.